The third-order valence-electron chi connectivity index (χ3n) is 3.83. The molecule has 1 aromatic heterocycles. The van der Waals surface area contributed by atoms with Crippen molar-refractivity contribution in [2.75, 3.05) is 31.7 Å². The number of carbonyl (C=O) groups is 2. The first-order chi connectivity index (χ1) is 11.5. The summed E-state index contributed by atoms with van der Waals surface area (Å²) in [5.74, 6) is 0.984. The molecule has 2 heterocycles. The lowest BCUT2D eigenvalue weighted by Crippen LogP contribution is -2.34. The summed E-state index contributed by atoms with van der Waals surface area (Å²) in [5, 5.41) is 5.72. The number of anilines is 1. The molecule has 0 saturated carbocycles. The van der Waals surface area contributed by atoms with E-state index in [4.69, 9.17) is 4.42 Å². The predicted molar refractivity (Wildman–Crippen MR) is 93.3 cm³/mol. The van der Waals surface area contributed by atoms with Crippen molar-refractivity contribution in [3.8, 4) is 0 Å². The Hall–Kier alpha value is -2.25. The highest BCUT2D eigenvalue weighted by Crippen LogP contribution is 2.32. The molecule has 2 aromatic rings. The summed E-state index contributed by atoms with van der Waals surface area (Å²) in [6.45, 7) is 0.428. The number of thioether (sulfide) groups is 1. The zero-order chi connectivity index (χ0) is 17.1. The Balaban J connectivity index is 1.68. The van der Waals surface area contributed by atoms with Crippen molar-refractivity contribution in [2.45, 2.75) is 10.9 Å². The summed E-state index contributed by atoms with van der Waals surface area (Å²) < 4.78 is 5.44. The second-order valence-corrected chi connectivity index (χ2v) is 6.77. The monoisotopic (exact) mass is 345 g/mol. The number of benzene rings is 1. The molecule has 1 aliphatic heterocycles. The van der Waals surface area contributed by atoms with Crippen LogP contribution in [-0.4, -0.2) is 43.1 Å². The van der Waals surface area contributed by atoms with Crippen molar-refractivity contribution >= 4 is 29.3 Å². The van der Waals surface area contributed by atoms with E-state index in [2.05, 4.69) is 10.6 Å². The average molecular weight is 345 g/mol. The van der Waals surface area contributed by atoms with Crippen molar-refractivity contribution in [1.29, 1.82) is 0 Å². The zero-order valence-corrected chi connectivity index (χ0v) is 14.4. The summed E-state index contributed by atoms with van der Waals surface area (Å²) in [7, 11) is 3.87. The molecular formula is C17H19N3O3S. The number of amides is 2. The molecule has 0 aliphatic carbocycles. The van der Waals surface area contributed by atoms with Gasteiger partial charge in [-0.1, -0.05) is 0 Å². The molecule has 2 N–H and O–H groups in total. The summed E-state index contributed by atoms with van der Waals surface area (Å²) in [4.78, 5) is 26.9. The van der Waals surface area contributed by atoms with Crippen molar-refractivity contribution in [3.05, 3.63) is 47.9 Å². The van der Waals surface area contributed by atoms with E-state index in [0.29, 0.717) is 23.5 Å². The normalized spacial score (nSPS) is 14.9. The van der Waals surface area contributed by atoms with Gasteiger partial charge in [-0.15, -0.1) is 11.8 Å². The fourth-order valence-electron chi connectivity index (χ4n) is 2.53. The van der Waals surface area contributed by atoms with Gasteiger partial charge in [-0.25, -0.2) is 0 Å². The smallest absolute Gasteiger partial charge is 0.251 e. The molecule has 24 heavy (non-hydrogen) atoms. The summed E-state index contributed by atoms with van der Waals surface area (Å²) >= 11 is 1.47. The van der Waals surface area contributed by atoms with Gasteiger partial charge in [0, 0.05) is 17.0 Å². The highest BCUT2D eigenvalue weighted by molar-refractivity contribution is 8.00. The Labute approximate surface area is 144 Å². The van der Waals surface area contributed by atoms with Crippen LogP contribution < -0.4 is 10.6 Å². The van der Waals surface area contributed by atoms with Crippen LogP contribution in [0.25, 0.3) is 0 Å². The lowest BCUT2D eigenvalue weighted by atomic mass is 10.1. The molecule has 126 valence electrons. The second kappa shape index (κ2) is 7.11. The van der Waals surface area contributed by atoms with Crippen LogP contribution in [0.3, 0.4) is 0 Å². The number of nitrogens with one attached hydrogen (secondary N) is 2. The molecule has 1 atom stereocenters. The number of likely N-dealkylation sites (N-methyl/N-ethyl adjacent to an activating group) is 1. The van der Waals surface area contributed by atoms with Crippen LogP contribution in [-0.2, 0) is 4.79 Å². The standard InChI is InChI=1S/C17H19N3O3S/c1-20(2)13(14-4-3-7-23-14)9-18-17(22)11-5-6-15-12(8-11)19-16(21)10-24-15/h3-8,13H,9-10H2,1-2H3,(H,18,22)(H,19,21)/t13-/m1/s1. The number of hydrogen-bond donors (Lipinski definition) is 2. The molecule has 6 nitrogen and oxygen atoms in total. The Kier molecular flexibility index (Phi) is 4.92. The number of hydrogen-bond acceptors (Lipinski definition) is 5. The largest absolute Gasteiger partial charge is 0.468 e. The molecule has 0 saturated heterocycles. The molecule has 7 heteroatoms. The van der Waals surface area contributed by atoms with Crippen molar-refractivity contribution in [1.82, 2.24) is 10.2 Å². The molecule has 1 aromatic carbocycles. The maximum Gasteiger partial charge on any atom is 0.251 e. The van der Waals surface area contributed by atoms with Crippen LogP contribution in [0.1, 0.15) is 22.2 Å². The van der Waals surface area contributed by atoms with E-state index >= 15 is 0 Å². The van der Waals surface area contributed by atoms with Gasteiger partial charge in [-0.3, -0.25) is 14.5 Å². The van der Waals surface area contributed by atoms with Crippen molar-refractivity contribution in [3.63, 3.8) is 0 Å². The number of rotatable bonds is 5. The Morgan fingerprint density at radius 1 is 1.42 bits per heavy atom. The van der Waals surface area contributed by atoms with E-state index in [-0.39, 0.29) is 17.9 Å². The quantitative estimate of drug-likeness (QED) is 0.870. The first-order valence-corrected chi connectivity index (χ1v) is 8.58. The van der Waals surface area contributed by atoms with Crippen LogP contribution in [0.4, 0.5) is 5.69 Å². The molecule has 3 rings (SSSR count). The molecule has 0 unspecified atom stereocenters. The van der Waals surface area contributed by atoms with Crippen molar-refractivity contribution < 1.29 is 14.0 Å². The predicted octanol–water partition coefficient (Wildman–Crippen LogP) is 2.36. The number of fused-ring (bicyclic) bond motifs is 1. The van der Waals surface area contributed by atoms with E-state index in [0.717, 1.165) is 10.7 Å². The van der Waals surface area contributed by atoms with E-state index in [9.17, 15) is 9.59 Å². The van der Waals surface area contributed by atoms with E-state index < -0.39 is 0 Å². The van der Waals surface area contributed by atoms with Gasteiger partial charge in [0.05, 0.1) is 23.7 Å². The topological polar surface area (TPSA) is 74.6 Å². The Morgan fingerprint density at radius 3 is 2.96 bits per heavy atom. The van der Waals surface area contributed by atoms with Gasteiger partial charge < -0.3 is 15.1 Å². The third kappa shape index (κ3) is 3.63. The minimum absolute atomic E-state index is 0.0446. The van der Waals surface area contributed by atoms with Gasteiger partial charge in [0.2, 0.25) is 5.91 Å². The maximum absolute atomic E-state index is 12.4. The van der Waals surface area contributed by atoms with Gasteiger partial charge in [0.25, 0.3) is 5.91 Å². The molecule has 2 amide bonds. The maximum atomic E-state index is 12.4. The summed E-state index contributed by atoms with van der Waals surface area (Å²) in [6, 6.07) is 9.03. The first-order valence-electron chi connectivity index (χ1n) is 7.59. The van der Waals surface area contributed by atoms with Gasteiger partial charge in [-0.2, -0.15) is 0 Å². The molecule has 0 spiro atoms. The number of furan rings is 1. The average Bonchev–Trinajstić information content (AvgIpc) is 3.08. The molecular weight excluding hydrogens is 326 g/mol. The summed E-state index contributed by atoms with van der Waals surface area (Å²) in [5.41, 5.74) is 1.22. The highest BCUT2D eigenvalue weighted by atomic mass is 32.2. The van der Waals surface area contributed by atoms with Crippen LogP contribution in [0.15, 0.2) is 45.9 Å². The molecule has 1 aliphatic rings. The van der Waals surface area contributed by atoms with Crippen molar-refractivity contribution in [2.24, 2.45) is 0 Å². The zero-order valence-electron chi connectivity index (χ0n) is 13.5. The van der Waals surface area contributed by atoms with Gasteiger partial charge in [0.1, 0.15) is 5.76 Å². The van der Waals surface area contributed by atoms with E-state index in [1.807, 2.05) is 37.2 Å². The highest BCUT2D eigenvalue weighted by Gasteiger charge is 2.20. The Bertz CT molecular complexity index is 744. The van der Waals surface area contributed by atoms with Crippen LogP contribution in [0.5, 0.6) is 0 Å². The fraction of sp³-hybridized carbons (Fsp3) is 0.294. The molecule has 0 radical (unpaired) electrons. The lowest BCUT2D eigenvalue weighted by molar-refractivity contribution is -0.113. The van der Waals surface area contributed by atoms with Crippen LogP contribution in [0.2, 0.25) is 0 Å². The molecule has 0 fully saturated rings. The van der Waals surface area contributed by atoms with Crippen LogP contribution in [0, 0.1) is 0 Å². The minimum atomic E-state index is -0.180. The first kappa shape index (κ1) is 16.6. The number of carbonyl (C=O) groups excluding carboxylic acids is 2. The molecule has 0 bridgehead atoms. The van der Waals surface area contributed by atoms with Gasteiger partial charge >= 0.3 is 0 Å². The minimum Gasteiger partial charge on any atom is -0.468 e. The second-order valence-electron chi connectivity index (χ2n) is 5.75. The van der Waals surface area contributed by atoms with Gasteiger partial charge in [0.15, 0.2) is 0 Å². The summed E-state index contributed by atoms with van der Waals surface area (Å²) in [6.07, 6.45) is 1.62. The third-order valence-corrected chi connectivity index (χ3v) is 4.90. The SMILES string of the molecule is CN(C)[C@H](CNC(=O)c1ccc2c(c1)NC(=O)CS2)c1ccco1. The lowest BCUT2D eigenvalue weighted by Gasteiger charge is -2.23. The fourth-order valence-corrected chi connectivity index (χ4v) is 3.32. The van der Waals surface area contributed by atoms with Gasteiger partial charge in [-0.05, 0) is 44.4 Å². The van der Waals surface area contributed by atoms with E-state index in [1.165, 1.54) is 11.8 Å². The Morgan fingerprint density at radius 2 is 2.25 bits per heavy atom. The van der Waals surface area contributed by atoms with E-state index in [1.54, 1.807) is 18.4 Å². The number of nitrogens with zero attached hydrogens (tertiary/aromatic N) is 1. The van der Waals surface area contributed by atoms with Crippen LogP contribution >= 0.6 is 11.8 Å².